The van der Waals surface area contributed by atoms with Gasteiger partial charge in [0.2, 0.25) is 17.7 Å². The van der Waals surface area contributed by atoms with E-state index < -0.39 is 29.1 Å². The van der Waals surface area contributed by atoms with Gasteiger partial charge in [0, 0.05) is 38.0 Å². The highest BCUT2D eigenvalue weighted by Gasteiger charge is 2.74. The summed E-state index contributed by atoms with van der Waals surface area (Å²) < 4.78 is 6.88. The molecule has 202 valence electrons. The Hall–Kier alpha value is -2.97. The van der Waals surface area contributed by atoms with E-state index in [1.807, 2.05) is 66.5 Å². The molecular formula is C30H37N3O5. The predicted octanol–water partition coefficient (Wildman–Crippen LogP) is 2.67. The number of nitrogens with zero attached hydrogens (tertiary/aromatic N) is 3. The highest BCUT2D eigenvalue weighted by molar-refractivity contribution is 6.04. The van der Waals surface area contributed by atoms with Crippen LogP contribution in [0, 0.1) is 11.8 Å². The minimum absolute atomic E-state index is 0.0873. The van der Waals surface area contributed by atoms with Crippen LogP contribution < -0.4 is 4.90 Å². The number of carbonyl (C=O) groups excluding carboxylic acids is 3. The summed E-state index contributed by atoms with van der Waals surface area (Å²) in [5, 5.41) is 9.61. The van der Waals surface area contributed by atoms with E-state index in [0.717, 1.165) is 31.4 Å². The van der Waals surface area contributed by atoms with Crippen molar-refractivity contribution in [3.05, 3.63) is 54.6 Å². The second-order valence-corrected chi connectivity index (χ2v) is 11.5. The van der Waals surface area contributed by atoms with Gasteiger partial charge in [-0.2, -0.15) is 0 Å². The topological polar surface area (TPSA) is 90.4 Å². The molecule has 1 N–H and O–H groups in total. The maximum atomic E-state index is 14.4. The van der Waals surface area contributed by atoms with Crippen LogP contribution in [0.25, 0.3) is 0 Å². The first-order valence-electron chi connectivity index (χ1n) is 14.0. The summed E-state index contributed by atoms with van der Waals surface area (Å²) in [7, 11) is 0. The fourth-order valence-electron chi connectivity index (χ4n) is 7.58. The van der Waals surface area contributed by atoms with E-state index in [-0.39, 0.29) is 36.9 Å². The van der Waals surface area contributed by atoms with Gasteiger partial charge in [-0.15, -0.1) is 0 Å². The third kappa shape index (κ3) is 3.75. The van der Waals surface area contributed by atoms with E-state index in [9.17, 15) is 19.5 Å². The Kier molecular flexibility index (Phi) is 6.43. The molecule has 3 fully saturated rings. The molecule has 1 aromatic carbocycles. The number of anilines is 1. The lowest BCUT2D eigenvalue weighted by atomic mass is 9.74. The van der Waals surface area contributed by atoms with Crippen molar-refractivity contribution in [1.82, 2.24) is 9.80 Å². The minimum Gasteiger partial charge on any atom is -0.396 e. The molecule has 6 rings (SSSR count). The molecule has 0 aromatic heterocycles. The Labute approximate surface area is 223 Å². The second-order valence-electron chi connectivity index (χ2n) is 11.5. The number of ether oxygens (including phenoxy) is 1. The van der Waals surface area contributed by atoms with Gasteiger partial charge < -0.3 is 24.5 Å². The lowest BCUT2D eigenvalue weighted by Gasteiger charge is -2.40. The summed E-state index contributed by atoms with van der Waals surface area (Å²) in [6.45, 7) is 2.89. The van der Waals surface area contributed by atoms with Gasteiger partial charge in [-0.3, -0.25) is 14.4 Å². The first-order chi connectivity index (χ1) is 18.4. The van der Waals surface area contributed by atoms with Gasteiger partial charge in [0.1, 0.15) is 11.6 Å². The zero-order valence-corrected chi connectivity index (χ0v) is 22.0. The average molecular weight is 520 g/mol. The normalized spacial score (nSPS) is 35.3. The molecule has 4 aliphatic heterocycles. The Morgan fingerprint density at radius 1 is 0.921 bits per heavy atom. The second kappa shape index (κ2) is 9.65. The molecule has 1 aromatic rings. The van der Waals surface area contributed by atoms with E-state index >= 15 is 0 Å². The molecule has 5 atom stereocenters. The summed E-state index contributed by atoms with van der Waals surface area (Å²) in [5.41, 5.74) is -1.51. The minimum atomic E-state index is -1.24. The summed E-state index contributed by atoms with van der Waals surface area (Å²) in [6.07, 6.45) is 13.4. The van der Waals surface area contributed by atoms with E-state index in [0.29, 0.717) is 19.5 Å². The first kappa shape index (κ1) is 25.3. The zero-order chi connectivity index (χ0) is 26.5. The van der Waals surface area contributed by atoms with Crippen LogP contribution in [0.5, 0.6) is 0 Å². The number of aliphatic hydroxyl groups excluding tert-OH is 1. The number of likely N-dealkylation sites (tertiary alicyclic amines) is 1. The summed E-state index contributed by atoms with van der Waals surface area (Å²) >= 11 is 0. The summed E-state index contributed by atoms with van der Waals surface area (Å²) in [6, 6.07) is 8.76. The van der Waals surface area contributed by atoms with Gasteiger partial charge in [-0.25, -0.2) is 0 Å². The maximum Gasteiger partial charge on any atom is 0.249 e. The van der Waals surface area contributed by atoms with Gasteiger partial charge in [0.15, 0.2) is 0 Å². The zero-order valence-electron chi connectivity index (χ0n) is 22.0. The fraction of sp³-hybridized carbons (Fsp3) is 0.567. The maximum absolute atomic E-state index is 14.4. The number of rotatable bonds is 5. The molecule has 2 saturated heterocycles. The molecule has 8 nitrogen and oxygen atoms in total. The van der Waals surface area contributed by atoms with Crippen LogP contribution >= 0.6 is 0 Å². The van der Waals surface area contributed by atoms with Crippen molar-refractivity contribution >= 4 is 23.4 Å². The quantitative estimate of drug-likeness (QED) is 0.604. The molecule has 1 aliphatic carbocycles. The van der Waals surface area contributed by atoms with Crippen molar-refractivity contribution in [2.45, 2.75) is 68.7 Å². The van der Waals surface area contributed by atoms with Crippen molar-refractivity contribution in [1.29, 1.82) is 0 Å². The number of amides is 3. The van der Waals surface area contributed by atoms with Crippen LogP contribution in [0.1, 0.15) is 45.4 Å². The Morgan fingerprint density at radius 2 is 1.66 bits per heavy atom. The standard InChI is InChI=1S/C30H37N3O5/c1-29-15-8-17-31(21-11-4-2-5-12-21)26(35)23(29)24-27(36)33(19-10-20-34)25-28(37)32(22-13-6-3-7-14-22)18-9-16-30(24,25)38-29/h2,4-5,8-9,11-12,15-16,22-25,34H,3,6-7,10,13-14,17-20H2,1H3/t23-,24+,25?,29+,30+/m1/s1. The van der Waals surface area contributed by atoms with E-state index in [4.69, 9.17) is 4.74 Å². The number of hydrogen-bond donors (Lipinski definition) is 1. The molecule has 1 saturated carbocycles. The predicted molar refractivity (Wildman–Crippen MR) is 142 cm³/mol. The molecule has 0 radical (unpaired) electrons. The fourth-order valence-corrected chi connectivity index (χ4v) is 7.58. The molecule has 5 aliphatic rings. The molecule has 1 spiro atoms. The van der Waals surface area contributed by atoms with E-state index in [1.54, 1.807) is 9.80 Å². The Morgan fingerprint density at radius 3 is 2.39 bits per heavy atom. The van der Waals surface area contributed by atoms with E-state index in [1.165, 1.54) is 6.42 Å². The SMILES string of the molecule is C[C@]12C=CCN(c3ccccc3)C(=O)[C@H]1[C@H]1C(=O)N(CCCO)C3C(=O)N(C4CCCCC4)CC=C[C@@]31O2. The summed E-state index contributed by atoms with van der Waals surface area (Å²) in [5.74, 6) is -2.13. The van der Waals surface area contributed by atoms with Crippen LogP contribution in [-0.4, -0.2) is 82.2 Å². The van der Waals surface area contributed by atoms with Crippen LogP contribution in [0.15, 0.2) is 54.6 Å². The van der Waals surface area contributed by atoms with Gasteiger partial charge >= 0.3 is 0 Å². The molecule has 4 heterocycles. The average Bonchev–Trinajstić information content (AvgIpc) is 3.19. The van der Waals surface area contributed by atoms with Gasteiger partial charge in [-0.1, -0.05) is 61.8 Å². The van der Waals surface area contributed by atoms with E-state index in [2.05, 4.69) is 0 Å². The van der Waals surface area contributed by atoms with Crippen molar-refractivity contribution < 1.29 is 24.2 Å². The molecule has 38 heavy (non-hydrogen) atoms. The number of hydrogen-bond acceptors (Lipinski definition) is 5. The highest BCUT2D eigenvalue weighted by atomic mass is 16.5. The smallest absolute Gasteiger partial charge is 0.249 e. The van der Waals surface area contributed by atoms with Crippen LogP contribution in [0.4, 0.5) is 5.69 Å². The Balaban J connectivity index is 1.44. The molecule has 3 amide bonds. The Bertz CT molecular complexity index is 1160. The summed E-state index contributed by atoms with van der Waals surface area (Å²) in [4.78, 5) is 48.1. The van der Waals surface area contributed by atoms with Crippen molar-refractivity contribution in [3.63, 3.8) is 0 Å². The monoisotopic (exact) mass is 519 g/mol. The molecule has 8 heteroatoms. The third-order valence-electron chi connectivity index (χ3n) is 9.23. The lowest BCUT2D eigenvalue weighted by molar-refractivity contribution is -0.152. The van der Waals surface area contributed by atoms with Crippen LogP contribution in [-0.2, 0) is 19.1 Å². The van der Waals surface area contributed by atoms with Crippen molar-refractivity contribution in [2.75, 3.05) is 31.1 Å². The highest BCUT2D eigenvalue weighted by Crippen LogP contribution is 2.57. The number of aliphatic hydroxyl groups is 1. The molecule has 1 unspecified atom stereocenters. The van der Waals surface area contributed by atoms with Crippen LogP contribution in [0.3, 0.4) is 0 Å². The first-order valence-corrected chi connectivity index (χ1v) is 14.0. The van der Waals surface area contributed by atoms with Crippen molar-refractivity contribution in [2.24, 2.45) is 11.8 Å². The lowest BCUT2D eigenvalue weighted by Crippen LogP contribution is -2.57. The molecule has 0 bridgehead atoms. The van der Waals surface area contributed by atoms with Crippen LogP contribution in [0.2, 0.25) is 0 Å². The third-order valence-corrected chi connectivity index (χ3v) is 9.23. The number of carbonyl (C=O) groups is 3. The number of para-hydroxylation sites is 1. The largest absolute Gasteiger partial charge is 0.396 e. The van der Waals surface area contributed by atoms with Gasteiger partial charge in [-0.05, 0) is 38.3 Å². The van der Waals surface area contributed by atoms with Gasteiger partial charge in [0.05, 0.1) is 17.4 Å². The number of fused-ring (bicyclic) bond motifs is 2. The van der Waals surface area contributed by atoms with Crippen molar-refractivity contribution in [3.8, 4) is 0 Å². The number of benzene rings is 1. The van der Waals surface area contributed by atoms with Gasteiger partial charge in [0.25, 0.3) is 0 Å². The molecular weight excluding hydrogens is 482 g/mol.